The molecule has 3 aromatic rings. The number of rotatable bonds is 4. The van der Waals surface area contributed by atoms with Crippen molar-refractivity contribution in [1.29, 1.82) is 0 Å². The molecule has 0 bridgehead atoms. The summed E-state index contributed by atoms with van der Waals surface area (Å²) in [7, 11) is -3.75. The van der Waals surface area contributed by atoms with Crippen LogP contribution in [0, 0.1) is 0 Å². The quantitative estimate of drug-likeness (QED) is 0.728. The number of para-hydroxylation sites is 1. The molecule has 2 heterocycles. The average molecular weight is 399 g/mol. The Hall–Kier alpha value is -2.48. The van der Waals surface area contributed by atoms with Gasteiger partial charge in [0.1, 0.15) is 9.77 Å². The van der Waals surface area contributed by atoms with E-state index in [2.05, 4.69) is 5.32 Å². The van der Waals surface area contributed by atoms with Gasteiger partial charge in [-0.2, -0.15) is 4.31 Å². The van der Waals surface area contributed by atoms with Crippen LogP contribution in [0.3, 0.4) is 0 Å². The Balaban J connectivity index is 1.61. The summed E-state index contributed by atoms with van der Waals surface area (Å²) in [4.78, 5) is 12.9. The SMILES string of the molecule is O=C(Nc1ccccc1)c1sccc1S(=O)(=O)N1CCc2ccccc2C1. The van der Waals surface area contributed by atoms with Gasteiger partial charge in [0.25, 0.3) is 5.91 Å². The number of amides is 1. The molecule has 0 saturated heterocycles. The summed E-state index contributed by atoms with van der Waals surface area (Å²) in [6, 6.07) is 18.4. The van der Waals surface area contributed by atoms with Crippen LogP contribution in [0.1, 0.15) is 20.8 Å². The molecule has 27 heavy (non-hydrogen) atoms. The smallest absolute Gasteiger partial charge is 0.267 e. The fourth-order valence-corrected chi connectivity index (χ4v) is 5.90. The molecular formula is C20H18N2O3S2. The van der Waals surface area contributed by atoms with Gasteiger partial charge in [0, 0.05) is 18.8 Å². The fraction of sp³-hybridized carbons (Fsp3) is 0.150. The molecule has 0 saturated carbocycles. The van der Waals surface area contributed by atoms with E-state index in [-0.39, 0.29) is 9.77 Å². The fourth-order valence-electron chi connectivity index (χ4n) is 3.19. The Kier molecular flexibility index (Phi) is 4.82. The summed E-state index contributed by atoms with van der Waals surface area (Å²) in [6.07, 6.45) is 0.672. The molecule has 138 valence electrons. The van der Waals surface area contributed by atoms with Gasteiger partial charge in [0.05, 0.1) is 0 Å². The monoisotopic (exact) mass is 398 g/mol. The highest BCUT2D eigenvalue weighted by Gasteiger charge is 2.32. The molecule has 0 atom stereocenters. The normalized spacial score (nSPS) is 14.5. The summed E-state index contributed by atoms with van der Waals surface area (Å²) < 4.78 is 27.8. The summed E-state index contributed by atoms with van der Waals surface area (Å²) >= 11 is 1.14. The van der Waals surface area contributed by atoms with Crippen molar-refractivity contribution < 1.29 is 13.2 Å². The number of anilines is 1. The number of nitrogens with zero attached hydrogens (tertiary/aromatic N) is 1. The lowest BCUT2D eigenvalue weighted by molar-refractivity contribution is 0.102. The minimum Gasteiger partial charge on any atom is -0.321 e. The van der Waals surface area contributed by atoms with Crippen LogP contribution in [-0.2, 0) is 23.0 Å². The molecular weight excluding hydrogens is 380 g/mol. The first kappa shape index (κ1) is 17.9. The van der Waals surface area contributed by atoms with Gasteiger partial charge in [0.15, 0.2) is 0 Å². The van der Waals surface area contributed by atoms with Crippen LogP contribution in [0.5, 0.6) is 0 Å². The first-order chi connectivity index (χ1) is 13.1. The Bertz CT molecular complexity index is 1080. The number of thiophene rings is 1. The van der Waals surface area contributed by atoms with E-state index in [4.69, 9.17) is 0 Å². The van der Waals surface area contributed by atoms with E-state index < -0.39 is 15.9 Å². The van der Waals surface area contributed by atoms with E-state index in [0.717, 1.165) is 16.9 Å². The molecule has 1 N–H and O–H groups in total. The van der Waals surface area contributed by atoms with E-state index in [0.29, 0.717) is 25.2 Å². The maximum Gasteiger partial charge on any atom is 0.267 e. The predicted octanol–water partition coefficient (Wildman–Crippen LogP) is 3.75. The minimum atomic E-state index is -3.75. The van der Waals surface area contributed by atoms with Crippen molar-refractivity contribution >= 4 is 33.0 Å². The van der Waals surface area contributed by atoms with E-state index in [1.54, 1.807) is 17.5 Å². The second-order valence-electron chi connectivity index (χ2n) is 6.29. The van der Waals surface area contributed by atoms with Crippen LogP contribution >= 0.6 is 11.3 Å². The van der Waals surface area contributed by atoms with E-state index in [1.165, 1.54) is 15.9 Å². The third-order valence-electron chi connectivity index (χ3n) is 4.58. The topological polar surface area (TPSA) is 66.5 Å². The lowest BCUT2D eigenvalue weighted by Gasteiger charge is -2.28. The van der Waals surface area contributed by atoms with Gasteiger partial charge in [-0.1, -0.05) is 42.5 Å². The van der Waals surface area contributed by atoms with Crippen molar-refractivity contribution in [1.82, 2.24) is 4.31 Å². The predicted molar refractivity (Wildman–Crippen MR) is 106 cm³/mol. The maximum absolute atomic E-state index is 13.2. The third kappa shape index (κ3) is 3.53. The van der Waals surface area contributed by atoms with Gasteiger partial charge in [-0.25, -0.2) is 8.42 Å². The molecule has 0 unspecified atom stereocenters. The molecule has 0 aliphatic carbocycles. The van der Waals surface area contributed by atoms with Crippen LogP contribution in [0.15, 0.2) is 70.9 Å². The molecule has 5 nitrogen and oxygen atoms in total. The lowest BCUT2D eigenvalue weighted by atomic mass is 10.0. The van der Waals surface area contributed by atoms with Crippen LogP contribution in [0.25, 0.3) is 0 Å². The summed E-state index contributed by atoms with van der Waals surface area (Å²) in [5.41, 5.74) is 2.82. The average Bonchev–Trinajstić information content (AvgIpc) is 3.19. The van der Waals surface area contributed by atoms with E-state index in [9.17, 15) is 13.2 Å². The van der Waals surface area contributed by atoms with Gasteiger partial charge in [-0.05, 0) is 41.1 Å². The van der Waals surface area contributed by atoms with Crippen LogP contribution in [0.4, 0.5) is 5.69 Å². The first-order valence-electron chi connectivity index (χ1n) is 8.56. The van der Waals surface area contributed by atoms with Gasteiger partial charge in [0.2, 0.25) is 10.0 Å². The number of benzene rings is 2. The minimum absolute atomic E-state index is 0.0697. The molecule has 1 aromatic heterocycles. The number of carbonyl (C=O) groups excluding carboxylic acids is 1. The molecule has 0 spiro atoms. The van der Waals surface area contributed by atoms with Crippen molar-refractivity contribution in [2.75, 3.05) is 11.9 Å². The molecule has 1 aliphatic rings. The van der Waals surface area contributed by atoms with Crippen molar-refractivity contribution in [3.63, 3.8) is 0 Å². The largest absolute Gasteiger partial charge is 0.321 e. The molecule has 4 rings (SSSR count). The second-order valence-corrected chi connectivity index (χ2v) is 9.11. The van der Waals surface area contributed by atoms with Crippen LogP contribution in [-0.4, -0.2) is 25.2 Å². The zero-order valence-electron chi connectivity index (χ0n) is 14.5. The highest BCUT2D eigenvalue weighted by Crippen LogP contribution is 2.29. The third-order valence-corrected chi connectivity index (χ3v) is 7.51. The van der Waals surface area contributed by atoms with Gasteiger partial charge in [-0.15, -0.1) is 11.3 Å². The zero-order chi connectivity index (χ0) is 18.9. The van der Waals surface area contributed by atoms with Gasteiger partial charge < -0.3 is 5.32 Å². The summed E-state index contributed by atoms with van der Waals surface area (Å²) in [5.74, 6) is -0.410. The number of nitrogens with one attached hydrogen (secondary N) is 1. The summed E-state index contributed by atoms with van der Waals surface area (Å²) in [5, 5.41) is 4.41. The van der Waals surface area contributed by atoms with E-state index >= 15 is 0 Å². The molecule has 0 radical (unpaired) electrons. The van der Waals surface area contributed by atoms with Crippen LogP contribution in [0.2, 0.25) is 0 Å². The molecule has 1 aliphatic heterocycles. The molecule has 0 fully saturated rings. The van der Waals surface area contributed by atoms with Gasteiger partial charge >= 0.3 is 0 Å². The molecule has 2 aromatic carbocycles. The highest BCUT2D eigenvalue weighted by molar-refractivity contribution is 7.89. The number of hydrogen-bond acceptors (Lipinski definition) is 4. The Morgan fingerprint density at radius 1 is 0.963 bits per heavy atom. The molecule has 1 amide bonds. The lowest BCUT2D eigenvalue weighted by Crippen LogP contribution is -2.36. The van der Waals surface area contributed by atoms with Crippen molar-refractivity contribution in [3.05, 3.63) is 82.0 Å². The van der Waals surface area contributed by atoms with Crippen molar-refractivity contribution in [2.24, 2.45) is 0 Å². The van der Waals surface area contributed by atoms with Crippen molar-refractivity contribution in [2.45, 2.75) is 17.9 Å². The number of hydrogen-bond donors (Lipinski definition) is 1. The van der Waals surface area contributed by atoms with Crippen molar-refractivity contribution in [3.8, 4) is 0 Å². The Labute approximate surface area is 162 Å². The zero-order valence-corrected chi connectivity index (χ0v) is 16.1. The first-order valence-corrected chi connectivity index (χ1v) is 10.9. The maximum atomic E-state index is 13.2. The standard InChI is InChI=1S/C20H18N2O3S2/c23-20(21-17-8-2-1-3-9-17)19-18(11-13-26-19)27(24,25)22-12-10-15-6-4-5-7-16(15)14-22/h1-9,11,13H,10,12,14H2,(H,21,23). The molecule has 7 heteroatoms. The summed E-state index contributed by atoms with van der Waals surface area (Å²) in [6.45, 7) is 0.739. The number of carbonyl (C=O) groups is 1. The number of fused-ring (bicyclic) bond motifs is 1. The number of sulfonamides is 1. The van der Waals surface area contributed by atoms with E-state index in [1.807, 2.05) is 42.5 Å². The second kappa shape index (κ2) is 7.26. The Morgan fingerprint density at radius 3 is 2.44 bits per heavy atom. The van der Waals surface area contributed by atoms with Crippen LogP contribution < -0.4 is 5.32 Å². The van der Waals surface area contributed by atoms with Gasteiger partial charge in [-0.3, -0.25) is 4.79 Å². The highest BCUT2D eigenvalue weighted by atomic mass is 32.2. The Morgan fingerprint density at radius 2 is 1.67 bits per heavy atom.